The van der Waals surface area contributed by atoms with Crippen LogP contribution in [0.1, 0.15) is 64.7 Å². The van der Waals surface area contributed by atoms with Gasteiger partial charge in [0, 0.05) is 12.8 Å². The first-order valence-corrected chi connectivity index (χ1v) is 9.29. The Morgan fingerprint density at radius 2 is 1.69 bits per heavy atom. The van der Waals surface area contributed by atoms with Crippen molar-refractivity contribution in [2.75, 3.05) is 20.8 Å². The van der Waals surface area contributed by atoms with Gasteiger partial charge >= 0.3 is 17.9 Å². The summed E-state index contributed by atoms with van der Waals surface area (Å²) in [7, 11) is 2.42. The first-order valence-electron chi connectivity index (χ1n) is 9.29. The molecule has 7 nitrogen and oxygen atoms in total. The molecule has 0 saturated heterocycles. The van der Waals surface area contributed by atoms with Crippen molar-refractivity contribution in [3.63, 3.8) is 0 Å². The lowest BCUT2D eigenvalue weighted by molar-refractivity contribution is -0.173. The molecule has 0 amide bonds. The average molecular weight is 370 g/mol. The Bertz CT molecular complexity index is 514. The highest BCUT2D eigenvalue weighted by Crippen LogP contribution is 2.42. The fourth-order valence-corrected chi connectivity index (χ4v) is 3.68. The second-order valence-electron chi connectivity index (χ2n) is 6.57. The molecule has 0 spiro atoms. The maximum absolute atomic E-state index is 13.1. The summed E-state index contributed by atoms with van der Waals surface area (Å²) in [5, 5.41) is 0. The highest BCUT2D eigenvalue weighted by molar-refractivity contribution is 6.07. The maximum Gasteiger partial charge on any atom is 0.320 e. The molecule has 0 heterocycles. The molecule has 148 valence electrons. The quantitative estimate of drug-likeness (QED) is 0.403. The molecule has 1 rings (SSSR count). The fraction of sp³-hybridized carbons (Fsp3) is 0.789. The van der Waals surface area contributed by atoms with Gasteiger partial charge in [0.05, 0.1) is 26.7 Å². The van der Waals surface area contributed by atoms with Crippen LogP contribution >= 0.6 is 0 Å². The Labute approximate surface area is 154 Å². The van der Waals surface area contributed by atoms with Gasteiger partial charge in [0.1, 0.15) is 5.41 Å². The second-order valence-corrected chi connectivity index (χ2v) is 6.57. The molecule has 26 heavy (non-hydrogen) atoms. The van der Waals surface area contributed by atoms with Crippen molar-refractivity contribution < 1.29 is 33.4 Å². The van der Waals surface area contributed by atoms with Crippen LogP contribution in [0.3, 0.4) is 0 Å². The summed E-state index contributed by atoms with van der Waals surface area (Å²) in [5.41, 5.74) is -1.70. The zero-order valence-electron chi connectivity index (χ0n) is 16.0. The van der Waals surface area contributed by atoms with Crippen molar-refractivity contribution in [1.29, 1.82) is 0 Å². The van der Waals surface area contributed by atoms with Gasteiger partial charge in [-0.2, -0.15) is 0 Å². The zero-order chi connectivity index (χ0) is 19.6. The van der Waals surface area contributed by atoms with Gasteiger partial charge in [-0.1, -0.05) is 25.7 Å². The number of Topliss-reactive ketones (excluding diaryl/α,β-unsaturated/α-hetero) is 1. The monoisotopic (exact) mass is 370 g/mol. The van der Waals surface area contributed by atoms with E-state index < -0.39 is 29.2 Å². The van der Waals surface area contributed by atoms with E-state index >= 15 is 0 Å². The summed E-state index contributed by atoms with van der Waals surface area (Å²) in [6, 6.07) is 0. The Balaban J connectivity index is 3.32. The summed E-state index contributed by atoms with van der Waals surface area (Å²) >= 11 is 0. The minimum absolute atomic E-state index is 0.114. The van der Waals surface area contributed by atoms with Crippen LogP contribution in [0.5, 0.6) is 0 Å². The average Bonchev–Trinajstić information content (AvgIpc) is 2.64. The Kier molecular flexibility index (Phi) is 9.30. The number of esters is 3. The first kappa shape index (κ1) is 22.1. The van der Waals surface area contributed by atoms with Crippen LogP contribution in [0.4, 0.5) is 0 Å². The lowest BCUT2D eigenvalue weighted by Gasteiger charge is -2.36. The van der Waals surface area contributed by atoms with E-state index in [0.29, 0.717) is 19.3 Å². The van der Waals surface area contributed by atoms with Crippen molar-refractivity contribution in [3.8, 4) is 0 Å². The fourth-order valence-electron chi connectivity index (χ4n) is 3.68. The minimum atomic E-state index is -1.70. The predicted molar refractivity (Wildman–Crippen MR) is 93.1 cm³/mol. The summed E-state index contributed by atoms with van der Waals surface area (Å²) in [6.07, 6.45) is 4.40. The molecule has 1 aliphatic rings. The number of carbonyl (C=O) groups is 4. The highest BCUT2D eigenvalue weighted by Gasteiger charge is 2.55. The van der Waals surface area contributed by atoms with Gasteiger partial charge in [-0.15, -0.1) is 0 Å². The van der Waals surface area contributed by atoms with Gasteiger partial charge in [-0.3, -0.25) is 19.2 Å². The van der Waals surface area contributed by atoms with Crippen LogP contribution in [0.2, 0.25) is 0 Å². The third kappa shape index (κ3) is 5.29. The molecule has 0 aromatic carbocycles. The van der Waals surface area contributed by atoms with Gasteiger partial charge in [-0.05, 0) is 26.2 Å². The number of rotatable bonds is 6. The van der Waals surface area contributed by atoms with Gasteiger partial charge in [-0.25, -0.2) is 0 Å². The molecule has 7 heteroatoms. The SMILES string of the molecule is CCOC(=O)CC[C@]1(C(=O)OC)C(=O)CCCCCCC[C@H]1C(=O)OC. The maximum atomic E-state index is 13.1. The summed E-state index contributed by atoms with van der Waals surface area (Å²) in [6.45, 7) is 1.89. The van der Waals surface area contributed by atoms with Crippen LogP contribution in [-0.2, 0) is 33.4 Å². The van der Waals surface area contributed by atoms with E-state index in [2.05, 4.69) is 0 Å². The van der Waals surface area contributed by atoms with E-state index in [1.165, 1.54) is 14.2 Å². The van der Waals surface area contributed by atoms with E-state index in [1.54, 1.807) is 6.92 Å². The largest absolute Gasteiger partial charge is 0.469 e. The molecular weight excluding hydrogens is 340 g/mol. The van der Waals surface area contributed by atoms with E-state index in [0.717, 1.165) is 19.3 Å². The topological polar surface area (TPSA) is 96.0 Å². The van der Waals surface area contributed by atoms with Crippen LogP contribution in [0, 0.1) is 11.3 Å². The predicted octanol–water partition coefficient (Wildman–Crippen LogP) is 2.59. The van der Waals surface area contributed by atoms with Gasteiger partial charge in [0.15, 0.2) is 5.78 Å². The van der Waals surface area contributed by atoms with Crippen LogP contribution < -0.4 is 0 Å². The third-order valence-electron chi connectivity index (χ3n) is 5.05. The number of carbonyl (C=O) groups excluding carboxylic acids is 4. The summed E-state index contributed by atoms with van der Waals surface area (Å²) in [4.78, 5) is 50.2. The Hall–Kier alpha value is -1.92. The third-order valence-corrected chi connectivity index (χ3v) is 5.05. The van der Waals surface area contributed by atoms with Gasteiger partial charge < -0.3 is 14.2 Å². The van der Waals surface area contributed by atoms with E-state index in [4.69, 9.17) is 14.2 Å². The van der Waals surface area contributed by atoms with Crippen LogP contribution in [0.25, 0.3) is 0 Å². The Morgan fingerprint density at radius 3 is 2.31 bits per heavy atom. The molecule has 0 aromatic heterocycles. The number of ketones is 1. The standard InChI is InChI=1S/C19H30O7/c1-4-26-16(21)12-13-19(18(23)25-3)14(17(22)24-2)10-8-6-5-7-9-11-15(19)20/h14H,4-13H2,1-3H3/t14-,19+/m0/s1. The van der Waals surface area contributed by atoms with Crippen molar-refractivity contribution >= 4 is 23.7 Å². The molecule has 0 radical (unpaired) electrons. The van der Waals surface area contributed by atoms with Gasteiger partial charge in [0.25, 0.3) is 0 Å². The van der Waals surface area contributed by atoms with Gasteiger partial charge in [0.2, 0.25) is 0 Å². The molecule has 0 bridgehead atoms. The molecular formula is C19H30O7. The molecule has 0 aromatic rings. The highest BCUT2D eigenvalue weighted by atomic mass is 16.5. The van der Waals surface area contributed by atoms with E-state index in [1.807, 2.05) is 0 Å². The first-order chi connectivity index (χ1) is 12.4. The second kappa shape index (κ2) is 10.9. The van der Waals surface area contributed by atoms with E-state index in [9.17, 15) is 19.2 Å². The van der Waals surface area contributed by atoms with Crippen molar-refractivity contribution in [2.24, 2.45) is 11.3 Å². The summed E-state index contributed by atoms with van der Waals surface area (Å²) in [5.74, 6) is -3.22. The lowest BCUT2D eigenvalue weighted by Crippen LogP contribution is -2.50. The molecule has 0 aliphatic heterocycles. The Morgan fingerprint density at radius 1 is 1.04 bits per heavy atom. The summed E-state index contributed by atoms with van der Waals surface area (Å²) < 4.78 is 14.8. The molecule has 1 aliphatic carbocycles. The number of hydrogen-bond donors (Lipinski definition) is 0. The zero-order valence-corrected chi connectivity index (χ0v) is 16.0. The van der Waals surface area contributed by atoms with Crippen LogP contribution in [0.15, 0.2) is 0 Å². The van der Waals surface area contributed by atoms with Crippen molar-refractivity contribution in [2.45, 2.75) is 64.7 Å². The number of hydrogen-bond acceptors (Lipinski definition) is 7. The minimum Gasteiger partial charge on any atom is -0.469 e. The molecule has 2 atom stereocenters. The molecule has 0 N–H and O–H groups in total. The van der Waals surface area contributed by atoms with Crippen LogP contribution in [-0.4, -0.2) is 44.5 Å². The van der Waals surface area contributed by atoms with E-state index in [-0.39, 0.29) is 31.7 Å². The number of methoxy groups -OCH3 is 2. The molecule has 0 unspecified atom stereocenters. The molecule has 1 fully saturated rings. The normalized spacial score (nSPS) is 24.4. The smallest absolute Gasteiger partial charge is 0.320 e. The lowest BCUT2D eigenvalue weighted by atomic mass is 9.65. The molecule has 1 saturated carbocycles. The van der Waals surface area contributed by atoms with Crippen molar-refractivity contribution in [1.82, 2.24) is 0 Å². The number of ether oxygens (including phenoxy) is 3. The van der Waals surface area contributed by atoms with Crippen molar-refractivity contribution in [3.05, 3.63) is 0 Å².